The molecule has 78 heavy (non-hydrogen) atoms. The van der Waals surface area contributed by atoms with E-state index < -0.39 is 6.10 Å². The van der Waals surface area contributed by atoms with E-state index in [2.05, 4.69) is 69.4 Å². The van der Waals surface area contributed by atoms with Crippen molar-refractivity contribution in [3.8, 4) is 0 Å². The zero-order chi connectivity index (χ0) is 56.4. The molecule has 1 unspecified atom stereocenters. The monoisotopic (exact) mass is 1090 g/mol. The van der Waals surface area contributed by atoms with Crippen LogP contribution in [0.1, 0.15) is 374 Å². The Morgan fingerprint density at radius 2 is 0.500 bits per heavy atom. The molecule has 6 heteroatoms. The van der Waals surface area contributed by atoms with E-state index in [0.29, 0.717) is 19.3 Å². The topological polar surface area (TPSA) is 78.9 Å². The summed E-state index contributed by atoms with van der Waals surface area (Å²) < 4.78 is 17.0. The van der Waals surface area contributed by atoms with Gasteiger partial charge in [-0.05, 0) is 77.0 Å². The molecule has 0 bridgehead atoms. The minimum atomic E-state index is -0.778. The van der Waals surface area contributed by atoms with Crippen molar-refractivity contribution in [3.63, 3.8) is 0 Å². The lowest BCUT2D eigenvalue weighted by Gasteiger charge is -2.18. The third-order valence-corrected chi connectivity index (χ3v) is 15.6. The van der Waals surface area contributed by atoms with Gasteiger partial charge in [-0.2, -0.15) is 0 Å². The molecule has 0 radical (unpaired) electrons. The molecule has 456 valence electrons. The zero-order valence-corrected chi connectivity index (χ0v) is 52.5. The summed E-state index contributed by atoms with van der Waals surface area (Å²) in [6.45, 7) is 6.58. The lowest BCUT2D eigenvalue weighted by molar-refractivity contribution is -0.167. The van der Waals surface area contributed by atoms with Crippen molar-refractivity contribution >= 4 is 17.9 Å². The van der Waals surface area contributed by atoms with Gasteiger partial charge in [-0.15, -0.1) is 0 Å². The Morgan fingerprint density at radius 3 is 0.795 bits per heavy atom. The van der Waals surface area contributed by atoms with E-state index in [1.807, 2.05) is 0 Å². The SMILES string of the molecule is CC/C=C\C/C=C\C/C=C\CCCCCCCC(=O)OCC(COC(=O)CCCCCCCCCCCCCCCCCCC/C=C\CCCCCCCCCC)OC(=O)CCCCCCCCCCCCCCCCCC. The second-order valence-corrected chi connectivity index (χ2v) is 23.4. The van der Waals surface area contributed by atoms with Crippen LogP contribution in [0.2, 0.25) is 0 Å². The van der Waals surface area contributed by atoms with Crippen LogP contribution in [0.3, 0.4) is 0 Å². The Morgan fingerprint density at radius 1 is 0.269 bits per heavy atom. The predicted molar refractivity (Wildman–Crippen MR) is 339 cm³/mol. The number of rotatable bonds is 64. The van der Waals surface area contributed by atoms with Gasteiger partial charge in [0.25, 0.3) is 0 Å². The molecule has 0 aliphatic rings. The van der Waals surface area contributed by atoms with Crippen molar-refractivity contribution in [1.82, 2.24) is 0 Å². The molecule has 6 nitrogen and oxygen atoms in total. The number of carbonyl (C=O) groups is 3. The van der Waals surface area contributed by atoms with Crippen LogP contribution in [0.25, 0.3) is 0 Å². The van der Waals surface area contributed by atoms with E-state index in [0.717, 1.165) is 96.3 Å². The molecule has 0 amide bonds. The van der Waals surface area contributed by atoms with Crippen LogP contribution >= 0.6 is 0 Å². The molecular formula is C72H132O6. The molecule has 0 aromatic carbocycles. The second-order valence-electron chi connectivity index (χ2n) is 23.4. The highest BCUT2D eigenvalue weighted by Gasteiger charge is 2.19. The third-order valence-electron chi connectivity index (χ3n) is 15.6. The maximum atomic E-state index is 12.9. The quantitative estimate of drug-likeness (QED) is 0.0261. The molecular weight excluding hydrogens is 961 g/mol. The zero-order valence-electron chi connectivity index (χ0n) is 52.5. The van der Waals surface area contributed by atoms with E-state index in [4.69, 9.17) is 14.2 Å². The van der Waals surface area contributed by atoms with Crippen LogP contribution < -0.4 is 0 Å². The number of ether oxygens (including phenoxy) is 3. The Balaban J connectivity index is 4.20. The van der Waals surface area contributed by atoms with Crippen molar-refractivity contribution in [2.24, 2.45) is 0 Å². The van der Waals surface area contributed by atoms with E-state index in [1.165, 1.54) is 238 Å². The highest BCUT2D eigenvalue weighted by molar-refractivity contribution is 5.71. The van der Waals surface area contributed by atoms with E-state index in [1.54, 1.807) is 0 Å². The van der Waals surface area contributed by atoms with Gasteiger partial charge in [0.2, 0.25) is 0 Å². The summed E-state index contributed by atoms with van der Waals surface area (Å²) in [5.74, 6) is -0.866. The van der Waals surface area contributed by atoms with Crippen LogP contribution in [0, 0.1) is 0 Å². The lowest BCUT2D eigenvalue weighted by atomic mass is 10.0. The molecule has 1 atom stereocenters. The molecule has 0 fully saturated rings. The summed E-state index contributed by atoms with van der Waals surface area (Å²) in [6.07, 6.45) is 84.3. The highest BCUT2D eigenvalue weighted by Crippen LogP contribution is 2.18. The van der Waals surface area contributed by atoms with Gasteiger partial charge in [-0.1, -0.05) is 326 Å². The van der Waals surface area contributed by atoms with Crippen molar-refractivity contribution in [3.05, 3.63) is 48.6 Å². The van der Waals surface area contributed by atoms with Crippen LogP contribution in [-0.2, 0) is 28.6 Å². The average molecular weight is 1090 g/mol. The minimum absolute atomic E-state index is 0.0738. The average Bonchev–Trinajstić information content (AvgIpc) is 3.44. The van der Waals surface area contributed by atoms with Gasteiger partial charge >= 0.3 is 17.9 Å². The van der Waals surface area contributed by atoms with Gasteiger partial charge in [0.15, 0.2) is 6.10 Å². The number of carbonyl (C=O) groups excluding carboxylic acids is 3. The van der Waals surface area contributed by atoms with E-state index in [-0.39, 0.29) is 31.1 Å². The first kappa shape index (κ1) is 75.4. The first-order valence-corrected chi connectivity index (χ1v) is 34.6. The maximum absolute atomic E-state index is 12.9. The van der Waals surface area contributed by atoms with Crippen LogP contribution in [0.15, 0.2) is 48.6 Å². The Bertz CT molecular complexity index is 1350. The summed E-state index contributed by atoms with van der Waals surface area (Å²) >= 11 is 0. The largest absolute Gasteiger partial charge is 0.462 e. The van der Waals surface area contributed by atoms with Crippen molar-refractivity contribution in [2.75, 3.05) is 13.2 Å². The van der Waals surface area contributed by atoms with Crippen LogP contribution in [0.5, 0.6) is 0 Å². The normalized spacial score (nSPS) is 12.3. The molecule has 0 rings (SSSR count). The Kier molecular flexibility index (Phi) is 64.6. The van der Waals surface area contributed by atoms with E-state index in [9.17, 15) is 14.4 Å². The highest BCUT2D eigenvalue weighted by atomic mass is 16.6. The maximum Gasteiger partial charge on any atom is 0.306 e. The first-order chi connectivity index (χ1) is 38.5. The fourth-order valence-corrected chi connectivity index (χ4v) is 10.4. The third kappa shape index (κ3) is 64.2. The van der Waals surface area contributed by atoms with Crippen LogP contribution in [-0.4, -0.2) is 37.2 Å². The van der Waals surface area contributed by atoms with Gasteiger partial charge in [-0.25, -0.2) is 0 Å². The number of hydrogen-bond acceptors (Lipinski definition) is 6. The van der Waals surface area contributed by atoms with Crippen molar-refractivity contribution < 1.29 is 28.6 Å². The Labute approximate surface area is 486 Å². The Hall–Kier alpha value is -2.63. The first-order valence-electron chi connectivity index (χ1n) is 34.6. The summed E-state index contributed by atoms with van der Waals surface area (Å²) in [4.78, 5) is 38.4. The molecule has 0 heterocycles. The summed E-state index contributed by atoms with van der Waals surface area (Å²) in [5, 5.41) is 0. The molecule has 0 aromatic heterocycles. The molecule has 0 spiro atoms. The van der Waals surface area contributed by atoms with Gasteiger partial charge < -0.3 is 14.2 Å². The molecule has 0 aromatic rings. The van der Waals surface area contributed by atoms with Gasteiger partial charge in [-0.3, -0.25) is 14.4 Å². The standard InChI is InChI=1S/C72H132O6/c1-4-7-10-13-16-19-22-25-28-30-31-32-33-34-35-36-37-38-39-40-41-42-45-47-50-53-56-59-62-65-71(74)77-68-69(67-76-70(73)64-61-58-55-52-49-46-43-27-24-21-18-15-12-9-6-3)78-72(75)66-63-60-57-54-51-48-44-29-26-23-20-17-14-11-8-5-2/h9,12,18,21,27,30-31,43,69H,4-8,10-11,13-17,19-20,22-26,28-29,32-42,44-68H2,1-3H3/b12-9-,21-18-,31-30-,43-27-. The van der Waals surface area contributed by atoms with Gasteiger partial charge in [0.1, 0.15) is 13.2 Å². The van der Waals surface area contributed by atoms with Gasteiger partial charge in [0, 0.05) is 19.3 Å². The smallest absolute Gasteiger partial charge is 0.306 e. The number of hydrogen-bond donors (Lipinski definition) is 0. The van der Waals surface area contributed by atoms with Crippen molar-refractivity contribution in [2.45, 2.75) is 380 Å². The fourth-order valence-electron chi connectivity index (χ4n) is 10.4. The fraction of sp³-hybridized carbons (Fsp3) is 0.847. The minimum Gasteiger partial charge on any atom is -0.462 e. The molecule has 0 saturated heterocycles. The number of esters is 3. The molecule has 0 N–H and O–H groups in total. The molecule has 0 aliphatic carbocycles. The second kappa shape index (κ2) is 66.9. The summed E-state index contributed by atoms with van der Waals surface area (Å²) in [7, 11) is 0. The predicted octanol–water partition coefficient (Wildman–Crippen LogP) is 23.7. The summed E-state index contributed by atoms with van der Waals surface area (Å²) in [5.41, 5.74) is 0. The summed E-state index contributed by atoms with van der Waals surface area (Å²) in [6, 6.07) is 0. The number of allylic oxidation sites excluding steroid dienone is 8. The lowest BCUT2D eigenvalue weighted by Crippen LogP contribution is -2.30. The molecule has 0 saturated carbocycles. The number of unbranched alkanes of at least 4 members (excludes halogenated alkanes) is 45. The van der Waals surface area contributed by atoms with Crippen LogP contribution in [0.4, 0.5) is 0 Å². The van der Waals surface area contributed by atoms with Crippen molar-refractivity contribution in [1.29, 1.82) is 0 Å². The van der Waals surface area contributed by atoms with E-state index >= 15 is 0 Å². The van der Waals surface area contributed by atoms with Gasteiger partial charge in [0.05, 0.1) is 0 Å². The molecule has 0 aliphatic heterocycles.